The summed E-state index contributed by atoms with van der Waals surface area (Å²) in [5.41, 5.74) is 1.98. The van der Waals surface area contributed by atoms with Gasteiger partial charge in [-0.25, -0.2) is 9.29 Å². The summed E-state index contributed by atoms with van der Waals surface area (Å²) in [5.74, 6) is -1.14. The minimum atomic E-state index is -0.404. The first kappa shape index (κ1) is 19.1. The molecule has 0 bridgehead atoms. The topological polar surface area (TPSA) is 43.9 Å². The predicted octanol–water partition coefficient (Wildman–Crippen LogP) is 2.91. The van der Waals surface area contributed by atoms with Gasteiger partial charge < -0.3 is 4.90 Å². The van der Waals surface area contributed by atoms with Crippen molar-refractivity contribution in [3.63, 3.8) is 0 Å². The van der Waals surface area contributed by atoms with Crippen LogP contribution in [0.1, 0.15) is 5.56 Å². The van der Waals surface area contributed by atoms with Gasteiger partial charge in [0.25, 0.3) is 11.8 Å². The van der Waals surface area contributed by atoms with Gasteiger partial charge in [0.2, 0.25) is 0 Å². The molecule has 0 radical (unpaired) electrons. The molecular formula is C23H22FN3O2. The SMILES string of the molecule is O=C1C=C(N2CCN(CC=Cc3ccccc3)CC2)C(=O)N1c1ccc(F)cc1. The molecule has 1 fully saturated rings. The average molecular weight is 391 g/mol. The van der Waals surface area contributed by atoms with Crippen LogP contribution >= 0.6 is 0 Å². The Hall–Kier alpha value is -3.25. The molecule has 0 aliphatic carbocycles. The number of carbonyl (C=O) groups excluding carboxylic acids is 2. The lowest BCUT2D eigenvalue weighted by molar-refractivity contribution is -0.121. The van der Waals surface area contributed by atoms with Gasteiger partial charge in [-0.3, -0.25) is 14.5 Å². The summed E-state index contributed by atoms with van der Waals surface area (Å²) < 4.78 is 13.1. The molecule has 2 heterocycles. The summed E-state index contributed by atoms with van der Waals surface area (Å²) in [6.07, 6.45) is 5.63. The van der Waals surface area contributed by atoms with Gasteiger partial charge in [-0.2, -0.15) is 0 Å². The van der Waals surface area contributed by atoms with Crippen molar-refractivity contribution in [2.45, 2.75) is 0 Å². The summed E-state index contributed by atoms with van der Waals surface area (Å²) in [6.45, 7) is 3.84. The lowest BCUT2D eigenvalue weighted by Crippen LogP contribution is -2.47. The average Bonchev–Trinajstić information content (AvgIpc) is 3.04. The van der Waals surface area contributed by atoms with Crippen molar-refractivity contribution >= 4 is 23.6 Å². The number of benzene rings is 2. The van der Waals surface area contributed by atoms with E-state index in [1.165, 1.54) is 35.9 Å². The fourth-order valence-electron chi connectivity index (χ4n) is 3.59. The second-order valence-electron chi connectivity index (χ2n) is 7.09. The molecule has 1 saturated heterocycles. The molecule has 4 rings (SSSR count). The van der Waals surface area contributed by atoms with Crippen molar-refractivity contribution in [2.24, 2.45) is 0 Å². The number of imide groups is 1. The molecule has 0 atom stereocenters. The van der Waals surface area contributed by atoms with Gasteiger partial charge >= 0.3 is 0 Å². The van der Waals surface area contributed by atoms with Crippen molar-refractivity contribution < 1.29 is 14.0 Å². The van der Waals surface area contributed by atoms with Crippen molar-refractivity contribution in [1.82, 2.24) is 9.80 Å². The molecule has 0 saturated carbocycles. The summed E-state index contributed by atoms with van der Waals surface area (Å²) >= 11 is 0. The number of carbonyl (C=O) groups is 2. The van der Waals surface area contributed by atoms with Crippen molar-refractivity contribution in [3.05, 3.63) is 83.8 Å². The summed E-state index contributed by atoms with van der Waals surface area (Å²) in [7, 11) is 0. The monoisotopic (exact) mass is 391 g/mol. The van der Waals surface area contributed by atoms with E-state index in [0.717, 1.165) is 24.5 Å². The summed E-state index contributed by atoms with van der Waals surface area (Å²) in [4.78, 5) is 30.5. The Kier molecular flexibility index (Phi) is 5.53. The molecule has 0 unspecified atom stereocenters. The van der Waals surface area contributed by atoms with Gasteiger partial charge in [-0.15, -0.1) is 0 Å². The fourth-order valence-corrected chi connectivity index (χ4v) is 3.59. The zero-order valence-electron chi connectivity index (χ0n) is 16.0. The van der Waals surface area contributed by atoms with Crippen LogP contribution in [0.15, 0.2) is 72.4 Å². The first-order valence-corrected chi connectivity index (χ1v) is 9.66. The Labute approximate surface area is 169 Å². The zero-order chi connectivity index (χ0) is 20.2. The van der Waals surface area contributed by atoms with Crippen LogP contribution in [0.5, 0.6) is 0 Å². The Morgan fingerprint density at radius 2 is 1.59 bits per heavy atom. The van der Waals surface area contributed by atoms with Gasteiger partial charge in [-0.1, -0.05) is 42.5 Å². The van der Waals surface area contributed by atoms with E-state index in [4.69, 9.17) is 0 Å². The molecule has 29 heavy (non-hydrogen) atoms. The maximum Gasteiger partial charge on any atom is 0.281 e. The number of amides is 2. The largest absolute Gasteiger partial charge is 0.364 e. The number of hydrogen-bond donors (Lipinski definition) is 0. The molecule has 6 heteroatoms. The predicted molar refractivity (Wildman–Crippen MR) is 110 cm³/mol. The van der Waals surface area contributed by atoms with E-state index < -0.39 is 5.82 Å². The molecule has 148 valence electrons. The van der Waals surface area contributed by atoms with Gasteiger partial charge in [0.05, 0.1) is 5.69 Å². The van der Waals surface area contributed by atoms with Crippen molar-refractivity contribution in [2.75, 3.05) is 37.6 Å². The Balaban J connectivity index is 1.33. The van der Waals surface area contributed by atoms with E-state index in [1.807, 2.05) is 23.1 Å². The van der Waals surface area contributed by atoms with Crippen LogP contribution in [-0.4, -0.2) is 54.3 Å². The van der Waals surface area contributed by atoms with Crippen molar-refractivity contribution in [1.29, 1.82) is 0 Å². The maximum atomic E-state index is 13.1. The highest BCUT2D eigenvalue weighted by molar-refractivity contribution is 6.30. The molecule has 2 aromatic rings. The van der Waals surface area contributed by atoms with E-state index in [0.29, 0.717) is 24.5 Å². The smallest absolute Gasteiger partial charge is 0.281 e. The fraction of sp³-hybridized carbons (Fsp3) is 0.217. The van der Waals surface area contributed by atoms with E-state index in [9.17, 15) is 14.0 Å². The zero-order valence-corrected chi connectivity index (χ0v) is 16.0. The first-order chi connectivity index (χ1) is 14.1. The third kappa shape index (κ3) is 4.27. The lowest BCUT2D eigenvalue weighted by Gasteiger charge is -2.35. The number of halogens is 1. The standard InChI is InChI=1S/C23H22FN3O2/c24-19-8-10-20(11-9-19)27-22(28)17-21(23(27)29)26-15-13-25(14-16-26)12-4-7-18-5-2-1-3-6-18/h1-11,17H,12-16H2. The molecule has 2 aliphatic rings. The quantitative estimate of drug-likeness (QED) is 0.736. The molecule has 5 nitrogen and oxygen atoms in total. The van der Waals surface area contributed by atoms with Crippen LogP contribution in [0.4, 0.5) is 10.1 Å². The second kappa shape index (κ2) is 8.41. The van der Waals surface area contributed by atoms with E-state index >= 15 is 0 Å². The van der Waals surface area contributed by atoms with Gasteiger partial charge in [-0.05, 0) is 29.8 Å². The third-order valence-electron chi connectivity index (χ3n) is 5.17. The van der Waals surface area contributed by atoms with Gasteiger partial charge in [0.15, 0.2) is 0 Å². The van der Waals surface area contributed by atoms with Crippen LogP contribution in [0.2, 0.25) is 0 Å². The number of piperazine rings is 1. The number of rotatable bonds is 5. The van der Waals surface area contributed by atoms with Crippen molar-refractivity contribution in [3.8, 4) is 0 Å². The number of anilines is 1. The van der Waals surface area contributed by atoms with E-state index in [2.05, 4.69) is 29.2 Å². The Morgan fingerprint density at radius 1 is 0.897 bits per heavy atom. The summed E-state index contributed by atoms with van der Waals surface area (Å²) in [6, 6.07) is 15.5. The summed E-state index contributed by atoms with van der Waals surface area (Å²) in [5, 5.41) is 0. The molecule has 0 spiro atoms. The first-order valence-electron chi connectivity index (χ1n) is 9.66. The maximum absolute atomic E-state index is 13.1. The Bertz CT molecular complexity index is 946. The highest BCUT2D eigenvalue weighted by atomic mass is 19.1. The van der Waals surface area contributed by atoms with Crippen LogP contribution in [-0.2, 0) is 9.59 Å². The molecule has 2 aromatic carbocycles. The van der Waals surface area contributed by atoms with E-state index in [-0.39, 0.29) is 11.8 Å². The lowest BCUT2D eigenvalue weighted by atomic mass is 10.2. The van der Waals surface area contributed by atoms with Gasteiger partial charge in [0.1, 0.15) is 11.5 Å². The Morgan fingerprint density at radius 3 is 2.28 bits per heavy atom. The van der Waals surface area contributed by atoms with Gasteiger partial charge in [0, 0.05) is 38.8 Å². The second-order valence-corrected chi connectivity index (χ2v) is 7.09. The number of nitrogens with zero attached hydrogens (tertiary/aromatic N) is 3. The molecule has 2 amide bonds. The normalized spacial score (nSPS) is 18.0. The van der Waals surface area contributed by atoms with E-state index in [1.54, 1.807) is 0 Å². The number of hydrogen-bond acceptors (Lipinski definition) is 4. The third-order valence-corrected chi connectivity index (χ3v) is 5.17. The molecular weight excluding hydrogens is 369 g/mol. The molecule has 0 aromatic heterocycles. The van der Waals surface area contributed by atoms with Crippen LogP contribution in [0.25, 0.3) is 6.08 Å². The minimum Gasteiger partial charge on any atom is -0.364 e. The van der Waals surface area contributed by atoms with Crippen LogP contribution < -0.4 is 4.90 Å². The molecule has 2 aliphatic heterocycles. The highest BCUT2D eigenvalue weighted by Crippen LogP contribution is 2.25. The highest BCUT2D eigenvalue weighted by Gasteiger charge is 2.36. The van der Waals surface area contributed by atoms with Crippen LogP contribution in [0.3, 0.4) is 0 Å². The van der Waals surface area contributed by atoms with Crippen LogP contribution in [0, 0.1) is 5.82 Å². The molecule has 0 N–H and O–H groups in total. The minimum absolute atomic E-state index is 0.348.